The maximum Gasteiger partial charge on any atom is 0.273 e. The molecule has 0 saturated heterocycles. The van der Waals surface area contributed by atoms with E-state index in [2.05, 4.69) is 12.2 Å². The van der Waals surface area contributed by atoms with E-state index in [1.54, 1.807) is 19.2 Å². The summed E-state index contributed by atoms with van der Waals surface area (Å²) in [5.41, 5.74) is 0.0384. The molecule has 0 aromatic heterocycles. The van der Waals surface area contributed by atoms with Gasteiger partial charge in [0.15, 0.2) is 0 Å². The number of nitrogens with one attached hydrogen (secondary N) is 1. The Hall–Kier alpha value is -1.66. The van der Waals surface area contributed by atoms with Crippen LogP contribution in [0.25, 0.3) is 0 Å². The van der Waals surface area contributed by atoms with E-state index >= 15 is 0 Å². The highest BCUT2D eigenvalue weighted by Crippen LogP contribution is 2.30. The quantitative estimate of drug-likeness (QED) is 0.612. The Bertz CT molecular complexity index is 466. The highest BCUT2D eigenvalue weighted by molar-refractivity contribution is 5.38. The molecule has 1 aliphatic rings. The van der Waals surface area contributed by atoms with Crippen molar-refractivity contribution in [3.8, 4) is 5.75 Å². The molecule has 0 radical (unpaired) electrons. The lowest BCUT2D eigenvalue weighted by molar-refractivity contribution is -0.385. The first-order valence-electron chi connectivity index (χ1n) is 6.83. The van der Waals surface area contributed by atoms with Gasteiger partial charge in [0, 0.05) is 25.6 Å². The molecule has 1 aromatic rings. The van der Waals surface area contributed by atoms with Crippen LogP contribution in [0.3, 0.4) is 0 Å². The number of benzene rings is 1. The molecule has 6 heteroatoms. The Balaban J connectivity index is 1.94. The number of nitro groups is 1. The van der Waals surface area contributed by atoms with Gasteiger partial charge in [0.2, 0.25) is 0 Å². The van der Waals surface area contributed by atoms with Gasteiger partial charge in [0.05, 0.1) is 11.0 Å². The molecule has 1 fully saturated rings. The molecular weight excluding hydrogens is 260 g/mol. The molecule has 110 valence electrons. The van der Waals surface area contributed by atoms with Crippen LogP contribution in [0.2, 0.25) is 0 Å². The number of ether oxygens (including phenoxy) is 2. The lowest BCUT2D eigenvalue weighted by Crippen LogP contribution is -2.61. The third-order valence-corrected chi connectivity index (χ3v) is 3.49. The third kappa shape index (κ3) is 3.26. The van der Waals surface area contributed by atoms with Crippen LogP contribution in [0.5, 0.6) is 5.75 Å². The average molecular weight is 280 g/mol. The molecule has 0 amide bonds. The fourth-order valence-corrected chi connectivity index (χ4v) is 2.39. The van der Waals surface area contributed by atoms with Crippen molar-refractivity contribution in [1.29, 1.82) is 0 Å². The van der Waals surface area contributed by atoms with Crippen molar-refractivity contribution in [3.05, 3.63) is 34.4 Å². The monoisotopic (exact) mass is 280 g/mol. The van der Waals surface area contributed by atoms with E-state index in [1.807, 2.05) is 0 Å². The fourth-order valence-electron chi connectivity index (χ4n) is 2.39. The van der Waals surface area contributed by atoms with E-state index in [4.69, 9.17) is 9.47 Å². The van der Waals surface area contributed by atoms with Crippen LogP contribution in [0.4, 0.5) is 5.69 Å². The van der Waals surface area contributed by atoms with Gasteiger partial charge in [-0.15, -0.1) is 0 Å². The number of nitro benzene ring substituents is 1. The maximum absolute atomic E-state index is 10.7. The Morgan fingerprint density at radius 3 is 2.95 bits per heavy atom. The van der Waals surface area contributed by atoms with Gasteiger partial charge in [-0.2, -0.15) is 0 Å². The summed E-state index contributed by atoms with van der Waals surface area (Å²) in [6.45, 7) is 3.07. The third-order valence-electron chi connectivity index (χ3n) is 3.49. The van der Waals surface area contributed by atoms with Gasteiger partial charge in [-0.25, -0.2) is 0 Å². The van der Waals surface area contributed by atoms with Gasteiger partial charge in [-0.3, -0.25) is 10.1 Å². The van der Waals surface area contributed by atoms with E-state index in [1.165, 1.54) is 12.1 Å². The summed E-state index contributed by atoms with van der Waals surface area (Å²) in [6.07, 6.45) is 1.85. The maximum atomic E-state index is 10.7. The van der Waals surface area contributed by atoms with E-state index in [-0.39, 0.29) is 17.9 Å². The Labute approximate surface area is 118 Å². The highest BCUT2D eigenvalue weighted by Gasteiger charge is 2.42. The van der Waals surface area contributed by atoms with Crippen molar-refractivity contribution in [2.24, 2.45) is 0 Å². The van der Waals surface area contributed by atoms with E-state index in [0.29, 0.717) is 11.8 Å². The zero-order valence-electron chi connectivity index (χ0n) is 11.7. The average Bonchev–Trinajstić information content (AvgIpc) is 2.42. The Kier molecular flexibility index (Phi) is 4.92. The number of nitrogens with zero attached hydrogens (tertiary/aromatic N) is 1. The smallest absolute Gasteiger partial charge is 0.273 e. The molecule has 0 bridgehead atoms. The van der Waals surface area contributed by atoms with E-state index < -0.39 is 4.92 Å². The van der Waals surface area contributed by atoms with Crippen molar-refractivity contribution < 1.29 is 14.4 Å². The van der Waals surface area contributed by atoms with Crippen LogP contribution in [0.15, 0.2) is 24.3 Å². The minimum Gasteiger partial charge on any atom is -0.487 e. The standard InChI is InChI=1S/C14H20N2O4/c1-3-7-15-12-9-13(14(12)19-2)20-11-6-4-5-10(8-11)16(17)18/h4-6,8,12-15H,3,7,9H2,1-2H3. The van der Waals surface area contributed by atoms with Gasteiger partial charge in [-0.1, -0.05) is 13.0 Å². The SMILES string of the molecule is CCCNC1CC(Oc2cccc([N+](=O)[O-])c2)C1OC. The van der Waals surface area contributed by atoms with E-state index in [9.17, 15) is 10.1 Å². The second kappa shape index (κ2) is 6.67. The second-order valence-electron chi connectivity index (χ2n) is 4.91. The molecule has 2 rings (SSSR count). The number of hydrogen-bond donors (Lipinski definition) is 1. The number of rotatable bonds is 7. The van der Waals surface area contributed by atoms with Crippen LogP contribution < -0.4 is 10.1 Å². The molecule has 1 N–H and O–H groups in total. The summed E-state index contributed by atoms with van der Waals surface area (Å²) in [6, 6.07) is 6.54. The summed E-state index contributed by atoms with van der Waals surface area (Å²) < 4.78 is 11.2. The molecule has 1 aliphatic carbocycles. The fraction of sp³-hybridized carbons (Fsp3) is 0.571. The topological polar surface area (TPSA) is 73.6 Å². The Morgan fingerprint density at radius 2 is 2.30 bits per heavy atom. The molecule has 20 heavy (non-hydrogen) atoms. The normalized spacial score (nSPS) is 25.0. The summed E-state index contributed by atoms with van der Waals surface area (Å²) in [7, 11) is 1.66. The zero-order chi connectivity index (χ0) is 14.5. The van der Waals surface area contributed by atoms with Crippen molar-refractivity contribution in [2.75, 3.05) is 13.7 Å². The summed E-state index contributed by atoms with van der Waals surface area (Å²) >= 11 is 0. The van der Waals surface area contributed by atoms with Crippen molar-refractivity contribution in [2.45, 2.75) is 38.0 Å². The first-order chi connectivity index (χ1) is 9.65. The van der Waals surface area contributed by atoms with Gasteiger partial charge in [0.25, 0.3) is 5.69 Å². The zero-order valence-corrected chi connectivity index (χ0v) is 11.7. The van der Waals surface area contributed by atoms with Crippen molar-refractivity contribution >= 4 is 5.69 Å². The molecule has 1 saturated carbocycles. The van der Waals surface area contributed by atoms with Crippen molar-refractivity contribution in [3.63, 3.8) is 0 Å². The first-order valence-corrected chi connectivity index (χ1v) is 6.83. The Morgan fingerprint density at radius 1 is 1.50 bits per heavy atom. The number of methoxy groups -OCH3 is 1. The van der Waals surface area contributed by atoms with Crippen LogP contribution in [0.1, 0.15) is 19.8 Å². The molecule has 6 nitrogen and oxygen atoms in total. The molecule has 0 spiro atoms. The number of hydrogen-bond acceptors (Lipinski definition) is 5. The summed E-state index contributed by atoms with van der Waals surface area (Å²) in [5, 5.41) is 14.1. The molecule has 1 aromatic carbocycles. The van der Waals surface area contributed by atoms with Gasteiger partial charge in [-0.05, 0) is 19.0 Å². The first kappa shape index (κ1) is 14.7. The number of non-ortho nitro benzene ring substituents is 1. The molecular formula is C14H20N2O4. The van der Waals surface area contributed by atoms with Crippen molar-refractivity contribution in [1.82, 2.24) is 5.32 Å². The van der Waals surface area contributed by atoms with Gasteiger partial charge < -0.3 is 14.8 Å². The largest absolute Gasteiger partial charge is 0.487 e. The summed E-state index contributed by atoms with van der Waals surface area (Å²) in [4.78, 5) is 10.3. The van der Waals surface area contributed by atoms with Gasteiger partial charge in [0.1, 0.15) is 18.0 Å². The van der Waals surface area contributed by atoms with E-state index in [0.717, 1.165) is 19.4 Å². The molecule has 3 atom stereocenters. The molecule has 0 aliphatic heterocycles. The minimum atomic E-state index is -0.424. The molecule has 3 unspecified atom stereocenters. The van der Waals surface area contributed by atoms with Crippen LogP contribution in [-0.2, 0) is 4.74 Å². The predicted octanol–water partition coefficient (Wildman–Crippen LogP) is 2.13. The predicted molar refractivity (Wildman–Crippen MR) is 75.0 cm³/mol. The van der Waals surface area contributed by atoms with Crippen LogP contribution in [-0.4, -0.2) is 36.8 Å². The summed E-state index contributed by atoms with van der Waals surface area (Å²) in [5.74, 6) is 0.514. The lowest BCUT2D eigenvalue weighted by Gasteiger charge is -2.43. The second-order valence-corrected chi connectivity index (χ2v) is 4.91. The van der Waals surface area contributed by atoms with Crippen LogP contribution in [0, 0.1) is 10.1 Å². The minimum absolute atomic E-state index is 0.0131. The molecule has 0 heterocycles. The highest BCUT2D eigenvalue weighted by atomic mass is 16.6. The lowest BCUT2D eigenvalue weighted by atomic mass is 9.85. The van der Waals surface area contributed by atoms with Crippen LogP contribution >= 0.6 is 0 Å². The van der Waals surface area contributed by atoms with Gasteiger partial charge >= 0.3 is 0 Å².